The lowest BCUT2D eigenvalue weighted by molar-refractivity contribution is -0.436. The Morgan fingerprint density at radius 1 is 1.11 bits per heavy atom. The highest BCUT2D eigenvalue weighted by atomic mass is 79.9. The fraction of sp³-hybridized carbons (Fsp3) is 0.188. The van der Waals surface area contributed by atoms with E-state index in [2.05, 4.69) is 63.1 Å². The monoisotopic (exact) mass is 316 g/mol. The summed E-state index contributed by atoms with van der Waals surface area (Å²) in [6.07, 6.45) is 3.22. The van der Waals surface area contributed by atoms with Gasteiger partial charge in [0.1, 0.15) is 5.75 Å². The third kappa shape index (κ3) is 2.43. The average Bonchev–Trinajstić information content (AvgIpc) is 2.47. The Hall–Kier alpha value is -1.61. The fourth-order valence-electron chi connectivity index (χ4n) is 2.43. The van der Waals surface area contributed by atoms with Gasteiger partial charge in [0.2, 0.25) is 5.69 Å². The van der Waals surface area contributed by atoms with Crippen LogP contribution in [-0.4, -0.2) is 24.4 Å². The number of benzene rings is 2. The van der Waals surface area contributed by atoms with Crippen molar-refractivity contribution in [1.29, 1.82) is 0 Å². The van der Waals surface area contributed by atoms with Gasteiger partial charge in [-0.1, -0.05) is 28.1 Å². The van der Waals surface area contributed by atoms with Crippen molar-refractivity contribution in [2.75, 3.05) is 13.7 Å². The number of methoxy groups -OCH3 is 1. The van der Waals surface area contributed by atoms with Crippen LogP contribution in [0.15, 0.2) is 46.9 Å². The van der Waals surface area contributed by atoms with Gasteiger partial charge in [0.05, 0.1) is 12.7 Å². The lowest BCUT2D eigenvalue weighted by Gasteiger charge is -2.14. The average molecular weight is 317 g/mol. The first-order valence-corrected chi connectivity index (χ1v) is 7.10. The Balaban J connectivity index is 2.05. The zero-order valence-electron chi connectivity index (χ0n) is 10.8. The molecule has 0 spiro atoms. The van der Waals surface area contributed by atoms with E-state index >= 15 is 0 Å². The highest BCUT2D eigenvalue weighted by Gasteiger charge is 2.20. The van der Waals surface area contributed by atoms with Gasteiger partial charge in [-0.25, -0.2) is 0 Å². The topological polar surface area (TPSA) is 12.2 Å². The van der Waals surface area contributed by atoms with E-state index in [0.29, 0.717) is 0 Å². The molecular weight excluding hydrogens is 302 g/mol. The molecule has 0 unspecified atom stereocenters. The Morgan fingerprint density at radius 3 is 2.63 bits per heavy atom. The van der Waals surface area contributed by atoms with E-state index in [4.69, 9.17) is 4.74 Å². The van der Waals surface area contributed by atoms with E-state index in [1.165, 1.54) is 16.8 Å². The van der Waals surface area contributed by atoms with Gasteiger partial charge in [0.25, 0.3) is 0 Å². The van der Waals surface area contributed by atoms with Crippen molar-refractivity contribution in [3.05, 3.63) is 58.1 Å². The number of ether oxygens (including phenoxy) is 1. The molecule has 0 fully saturated rings. The van der Waals surface area contributed by atoms with Crippen molar-refractivity contribution >= 4 is 27.8 Å². The molecule has 96 valence electrons. The first-order valence-electron chi connectivity index (χ1n) is 6.31. The van der Waals surface area contributed by atoms with E-state index in [1.807, 2.05) is 6.07 Å². The van der Waals surface area contributed by atoms with Crippen molar-refractivity contribution < 1.29 is 9.31 Å². The van der Waals surface area contributed by atoms with Crippen LogP contribution >= 0.6 is 15.9 Å². The zero-order valence-corrected chi connectivity index (χ0v) is 12.4. The first-order chi connectivity index (χ1) is 9.28. The number of halogens is 1. The number of nitrogens with zero attached hydrogens (tertiary/aromatic N) is 1. The smallest absolute Gasteiger partial charge is 0.205 e. The van der Waals surface area contributed by atoms with Crippen LogP contribution in [0.2, 0.25) is 0 Å². The van der Waals surface area contributed by atoms with E-state index in [0.717, 1.165) is 23.2 Å². The van der Waals surface area contributed by atoms with Gasteiger partial charge in [-0.3, -0.25) is 0 Å². The summed E-state index contributed by atoms with van der Waals surface area (Å²) in [5, 5.41) is 0. The minimum atomic E-state index is 0.944. The molecule has 0 saturated carbocycles. The molecule has 0 bridgehead atoms. The fourth-order valence-corrected chi connectivity index (χ4v) is 2.69. The largest absolute Gasteiger partial charge is 0.496 e. The minimum Gasteiger partial charge on any atom is -0.496 e. The molecule has 0 amide bonds. The summed E-state index contributed by atoms with van der Waals surface area (Å²) >= 11 is 3.47. The third-order valence-corrected chi connectivity index (χ3v) is 3.97. The molecule has 1 aliphatic heterocycles. The molecule has 0 aromatic heterocycles. The molecule has 0 aliphatic carbocycles. The Morgan fingerprint density at radius 2 is 1.89 bits per heavy atom. The van der Waals surface area contributed by atoms with Crippen molar-refractivity contribution in [2.24, 2.45) is 0 Å². The summed E-state index contributed by atoms with van der Waals surface area (Å²) in [4.78, 5) is 0. The normalized spacial score (nSPS) is 13.7. The predicted molar refractivity (Wildman–Crippen MR) is 80.8 cm³/mol. The number of fused-ring (bicyclic) bond motifs is 1. The van der Waals surface area contributed by atoms with E-state index < -0.39 is 0 Å². The maximum Gasteiger partial charge on any atom is 0.205 e. The van der Waals surface area contributed by atoms with Gasteiger partial charge in [0, 0.05) is 23.0 Å². The summed E-state index contributed by atoms with van der Waals surface area (Å²) in [7, 11) is 1.72. The van der Waals surface area contributed by atoms with Gasteiger partial charge < -0.3 is 4.74 Å². The zero-order chi connectivity index (χ0) is 13.2. The molecule has 1 aliphatic rings. The van der Waals surface area contributed by atoms with Gasteiger partial charge in [-0.2, -0.15) is 4.58 Å². The van der Waals surface area contributed by atoms with Crippen molar-refractivity contribution in [2.45, 2.75) is 6.42 Å². The van der Waals surface area contributed by atoms with Crippen LogP contribution < -0.4 is 4.74 Å². The summed E-state index contributed by atoms with van der Waals surface area (Å²) in [5.74, 6) is 0.944. The van der Waals surface area contributed by atoms with Crippen LogP contribution in [-0.2, 0) is 6.42 Å². The standard InChI is InChI=1S/C16H15BrNO/c1-19-16-4-2-3-12-9-10-18(11-15(12)16)14-7-5-13(17)6-8-14/h2-8,11H,9-10H2,1H3/q+1. The maximum absolute atomic E-state index is 5.45. The Kier molecular flexibility index (Phi) is 3.38. The molecule has 2 nitrogen and oxygen atoms in total. The van der Waals surface area contributed by atoms with Crippen LogP contribution in [0.3, 0.4) is 0 Å². The molecule has 3 rings (SSSR count). The Labute approximate surface area is 121 Å². The number of hydrogen-bond donors (Lipinski definition) is 0. The molecule has 2 aromatic carbocycles. The first kappa shape index (κ1) is 12.4. The molecule has 3 heteroatoms. The lowest BCUT2D eigenvalue weighted by Crippen LogP contribution is -2.19. The molecular formula is C16H15BrNO+. The van der Waals surface area contributed by atoms with Gasteiger partial charge in [-0.15, -0.1) is 0 Å². The van der Waals surface area contributed by atoms with Crippen molar-refractivity contribution in [1.82, 2.24) is 0 Å². The second-order valence-corrected chi connectivity index (χ2v) is 5.50. The van der Waals surface area contributed by atoms with Crippen LogP contribution in [0, 0.1) is 0 Å². The molecule has 19 heavy (non-hydrogen) atoms. The van der Waals surface area contributed by atoms with Gasteiger partial charge in [-0.05, 0) is 23.8 Å². The molecule has 0 saturated heterocycles. The molecule has 0 N–H and O–H groups in total. The molecule has 0 atom stereocenters. The lowest BCUT2D eigenvalue weighted by atomic mass is 10.0. The summed E-state index contributed by atoms with van der Waals surface area (Å²) in [5.41, 5.74) is 3.76. The third-order valence-electron chi connectivity index (χ3n) is 3.44. The SMILES string of the molecule is COc1cccc2c1C=[N+](c1ccc(Br)cc1)CC2. The summed E-state index contributed by atoms with van der Waals surface area (Å²) in [6.45, 7) is 1.00. The Bertz CT molecular complexity index is 632. The van der Waals surface area contributed by atoms with E-state index in [9.17, 15) is 0 Å². The second-order valence-electron chi connectivity index (χ2n) is 4.58. The molecule has 1 heterocycles. The quantitative estimate of drug-likeness (QED) is 0.768. The van der Waals surface area contributed by atoms with Crippen LogP contribution in [0.4, 0.5) is 5.69 Å². The van der Waals surface area contributed by atoms with Gasteiger partial charge >= 0.3 is 0 Å². The van der Waals surface area contributed by atoms with Crippen LogP contribution in [0.25, 0.3) is 0 Å². The number of rotatable bonds is 2. The van der Waals surface area contributed by atoms with Crippen LogP contribution in [0.1, 0.15) is 11.1 Å². The summed E-state index contributed by atoms with van der Waals surface area (Å²) < 4.78 is 8.83. The second kappa shape index (κ2) is 5.17. The molecule has 2 aromatic rings. The predicted octanol–water partition coefficient (Wildman–Crippen LogP) is 3.78. The highest BCUT2D eigenvalue weighted by molar-refractivity contribution is 9.10. The molecule has 0 radical (unpaired) electrons. The maximum atomic E-state index is 5.45. The minimum absolute atomic E-state index is 0.944. The van der Waals surface area contributed by atoms with E-state index in [1.54, 1.807) is 7.11 Å². The van der Waals surface area contributed by atoms with Crippen LogP contribution in [0.5, 0.6) is 5.75 Å². The number of hydrogen-bond acceptors (Lipinski definition) is 1. The summed E-state index contributed by atoms with van der Waals surface area (Å²) in [6, 6.07) is 14.6. The van der Waals surface area contributed by atoms with Crippen molar-refractivity contribution in [3.63, 3.8) is 0 Å². The van der Waals surface area contributed by atoms with E-state index in [-0.39, 0.29) is 0 Å². The van der Waals surface area contributed by atoms with Crippen molar-refractivity contribution in [3.8, 4) is 5.75 Å². The van der Waals surface area contributed by atoms with Gasteiger partial charge in [0.15, 0.2) is 12.8 Å². The highest BCUT2D eigenvalue weighted by Crippen LogP contribution is 2.26.